The molecule has 0 spiro atoms. The fraction of sp³-hybridized carbons (Fsp3) is 0.909. The normalized spacial score (nSPS) is 28.5. The molecule has 0 saturated carbocycles. The Morgan fingerprint density at radius 3 is 3.00 bits per heavy atom. The minimum Gasteiger partial charge on any atom is -0.394 e. The van der Waals surface area contributed by atoms with Crippen molar-refractivity contribution < 1.29 is 9.90 Å². The first-order valence-electron chi connectivity index (χ1n) is 5.82. The highest BCUT2D eigenvalue weighted by Crippen LogP contribution is 2.19. The molecule has 1 amide bonds. The predicted octanol–water partition coefficient (Wildman–Crippen LogP) is 0.262. The van der Waals surface area contributed by atoms with Crippen molar-refractivity contribution in [1.29, 1.82) is 0 Å². The summed E-state index contributed by atoms with van der Waals surface area (Å²) >= 11 is 0. The average molecular weight is 214 g/mol. The summed E-state index contributed by atoms with van der Waals surface area (Å²) < 4.78 is 0. The van der Waals surface area contributed by atoms with Gasteiger partial charge in [0.05, 0.1) is 12.6 Å². The molecule has 0 aromatic rings. The molecule has 3 atom stereocenters. The largest absolute Gasteiger partial charge is 0.394 e. The number of carbonyl (C=O) groups is 1. The summed E-state index contributed by atoms with van der Waals surface area (Å²) in [6.45, 7) is 4.89. The summed E-state index contributed by atoms with van der Waals surface area (Å²) in [6, 6.07) is -0.223. The van der Waals surface area contributed by atoms with Crippen LogP contribution in [0.15, 0.2) is 0 Å². The lowest BCUT2D eigenvalue weighted by molar-refractivity contribution is -0.125. The number of aliphatic hydroxyl groups is 1. The number of hydrogen-bond donors (Lipinski definition) is 3. The molecule has 1 aliphatic heterocycles. The molecule has 3 unspecified atom stereocenters. The number of piperidine rings is 1. The smallest absolute Gasteiger partial charge is 0.237 e. The van der Waals surface area contributed by atoms with Crippen LogP contribution in [-0.4, -0.2) is 36.2 Å². The van der Waals surface area contributed by atoms with Crippen LogP contribution < -0.4 is 10.6 Å². The molecule has 0 aliphatic carbocycles. The van der Waals surface area contributed by atoms with E-state index in [0.29, 0.717) is 5.92 Å². The molecule has 0 aromatic heterocycles. The van der Waals surface area contributed by atoms with E-state index in [9.17, 15) is 4.79 Å². The number of rotatable bonds is 4. The number of nitrogens with one attached hydrogen (secondary N) is 2. The lowest BCUT2D eigenvalue weighted by atomic mass is 9.90. The first-order valence-corrected chi connectivity index (χ1v) is 5.82. The van der Waals surface area contributed by atoms with E-state index >= 15 is 0 Å². The van der Waals surface area contributed by atoms with Gasteiger partial charge in [-0.2, -0.15) is 0 Å². The van der Waals surface area contributed by atoms with Gasteiger partial charge in [-0.15, -0.1) is 0 Å². The fourth-order valence-electron chi connectivity index (χ4n) is 1.96. The topological polar surface area (TPSA) is 61.4 Å². The van der Waals surface area contributed by atoms with Crippen molar-refractivity contribution in [2.45, 2.75) is 45.2 Å². The molecule has 1 fully saturated rings. The maximum absolute atomic E-state index is 11.7. The zero-order valence-corrected chi connectivity index (χ0v) is 9.62. The summed E-state index contributed by atoms with van der Waals surface area (Å²) in [7, 11) is 0. The third kappa shape index (κ3) is 3.80. The van der Waals surface area contributed by atoms with E-state index in [4.69, 9.17) is 5.11 Å². The second kappa shape index (κ2) is 6.08. The lowest BCUT2D eigenvalue weighted by Gasteiger charge is -2.29. The Kier molecular flexibility index (Phi) is 5.05. The number of hydrogen-bond acceptors (Lipinski definition) is 3. The molecule has 0 aromatic carbocycles. The summed E-state index contributed by atoms with van der Waals surface area (Å²) in [4.78, 5) is 11.7. The first-order chi connectivity index (χ1) is 7.17. The molecule has 4 nitrogen and oxygen atoms in total. The minimum atomic E-state index is -0.152. The summed E-state index contributed by atoms with van der Waals surface area (Å²) in [5, 5.41) is 14.9. The van der Waals surface area contributed by atoms with Crippen molar-refractivity contribution in [2.75, 3.05) is 13.2 Å². The third-order valence-corrected chi connectivity index (χ3v) is 3.07. The number of amides is 1. The molecule has 1 heterocycles. The zero-order valence-electron chi connectivity index (χ0n) is 9.62. The minimum absolute atomic E-state index is 0.00430. The fourth-order valence-corrected chi connectivity index (χ4v) is 1.96. The van der Waals surface area contributed by atoms with Crippen LogP contribution >= 0.6 is 0 Å². The van der Waals surface area contributed by atoms with Crippen LogP contribution in [0.1, 0.15) is 33.1 Å². The van der Waals surface area contributed by atoms with Gasteiger partial charge in [-0.3, -0.25) is 4.79 Å². The van der Waals surface area contributed by atoms with E-state index in [-0.39, 0.29) is 24.6 Å². The summed E-state index contributed by atoms with van der Waals surface area (Å²) in [6.07, 6.45) is 3.22. The average Bonchev–Trinajstić information content (AvgIpc) is 2.28. The molecule has 0 bridgehead atoms. The maximum Gasteiger partial charge on any atom is 0.237 e. The Balaban J connectivity index is 2.38. The molecular weight excluding hydrogens is 192 g/mol. The van der Waals surface area contributed by atoms with Crippen molar-refractivity contribution in [3.8, 4) is 0 Å². The highest BCUT2D eigenvalue weighted by atomic mass is 16.3. The molecule has 1 aliphatic rings. The van der Waals surface area contributed by atoms with Gasteiger partial charge in [-0.05, 0) is 32.2 Å². The number of aliphatic hydroxyl groups excluding tert-OH is 1. The van der Waals surface area contributed by atoms with Gasteiger partial charge < -0.3 is 15.7 Å². The van der Waals surface area contributed by atoms with Gasteiger partial charge in [0.1, 0.15) is 0 Å². The first kappa shape index (κ1) is 12.5. The quantitative estimate of drug-likeness (QED) is 0.629. The van der Waals surface area contributed by atoms with Crippen molar-refractivity contribution in [3.05, 3.63) is 0 Å². The molecule has 0 radical (unpaired) electrons. The van der Waals surface area contributed by atoms with Crippen LogP contribution in [0, 0.1) is 5.92 Å². The van der Waals surface area contributed by atoms with E-state index < -0.39 is 0 Å². The third-order valence-electron chi connectivity index (χ3n) is 3.07. The zero-order chi connectivity index (χ0) is 11.3. The van der Waals surface area contributed by atoms with Gasteiger partial charge in [0, 0.05) is 6.04 Å². The highest BCUT2D eigenvalue weighted by molar-refractivity contribution is 5.82. The second-order valence-corrected chi connectivity index (χ2v) is 4.40. The van der Waals surface area contributed by atoms with Gasteiger partial charge in [0.2, 0.25) is 5.91 Å². The van der Waals surface area contributed by atoms with Crippen LogP contribution in [0.2, 0.25) is 0 Å². The van der Waals surface area contributed by atoms with Gasteiger partial charge in [0.25, 0.3) is 0 Å². The van der Waals surface area contributed by atoms with Gasteiger partial charge >= 0.3 is 0 Å². The highest BCUT2D eigenvalue weighted by Gasteiger charge is 2.26. The van der Waals surface area contributed by atoms with E-state index in [1.54, 1.807) is 6.92 Å². The molecule has 15 heavy (non-hydrogen) atoms. The Labute approximate surface area is 91.4 Å². The Morgan fingerprint density at radius 2 is 2.40 bits per heavy atom. The summed E-state index contributed by atoms with van der Waals surface area (Å²) in [5.74, 6) is 0.682. The van der Waals surface area contributed by atoms with E-state index in [1.807, 2.05) is 0 Å². The Bertz CT molecular complexity index is 209. The monoisotopic (exact) mass is 214 g/mol. The van der Waals surface area contributed by atoms with E-state index in [2.05, 4.69) is 17.6 Å². The van der Waals surface area contributed by atoms with E-state index in [0.717, 1.165) is 25.8 Å². The standard InChI is InChI=1S/C11H22N2O2/c1-3-9-4-5-12-10(6-9)11(15)13-8(2)7-14/h8-10,12,14H,3-7H2,1-2H3,(H,13,15). The van der Waals surface area contributed by atoms with Crippen LogP contribution in [0.4, 0.5) is 0 Å². The molecule has 1 rings (SSSR count). The molecule has 88 valence electrons. The summed E-state index contributed by atoms with van der Waals surface area (Å²) in [5.41, 5.74) is 0. The molecule has 3 N–H and O–H groups in total. The Morgan fingerprint density at radius 1 is 1.67 bits per heavy atom. The molecular formula is C11H22N2O2. The van der Waals surface area contributed by atoms with Crippen LogP contribution in [-0.2, 0) is 4.79 Å². The van der Waals surface area contributed by atoms with Crippen molar-refractivity contribution in [2.24, 2.45) is 5.92 Å². The SMILES string of the molecule is CCC1CCNC(C(=O)NC(C)CO)C1. The van der Waals surface area contributed by atoms with Crippen molar-refractivity contribution in [1.82, 2.24) is 10.6 Å². The molecule has 1 saturated heterocycles. The Hall–Kier alpha value is -0.610. The molecule has 4 heteroatoms. The number of carbonyl (C=O) groups excluding carboxylic acids is 1. The maximum atomic E-state index is 11.7. The van der Waals surface area contributed by atoms with Gasteiger partial charge in [-0.1, -0.05) is 13.3 Å². The van der Waals surface area contributed by atoms with Gasteiger partial charge in [0.15, 0.2) is 0 Å². The van der Waals surface area contributed by atoms with Crippen LogP contribution in [0.25, 0.3) is 0 Å². The lowest BCUT2D eigenvalue weighted by Crippen LogP contribution is -2.51. The van der Waals surface area contributed by atoms with Gasteiger partial charge in [-0.25, -0.2) is 0 Å². The predicted molar refractivity (Wildman–Crippen MR) is 59.5 cm³/mol. The second-order valence-electron chi connectivity index (χ2n) is 4.40. The van der Waals surface area contributed by atoms with Crippen LogP contribution in [0.3, 0.4) is 0 Å². The van der Waals surface area contributed by atoms with E-state index in [1.165, 1.54) is 0 Å². The van der Waals surface area contributed by atoms with Crippen molar-refractivity contribution in [3.63, 3.8) is 0 Å². The van der Waals surface area contributed by atoms with Crippen molar-refractivity contribution >= 4 is 5.91 Å². The van der Waals surface area contributed by atoms with Crippen LogP contribution in [0.5, 0.6) is 0 Å².